The number of anilines is 1. The zero-order valence-electron chi connectivity index (χ0n) is 19.7. The molecule has 2 aromatic heterocycles. The number of nitrogens with zero attached hydrogens (tertiary/aromatic N) is 3. The summed E-state index contributed by atoms with van der Waals surface area (Å²) in [4.78, 5) is 13.1. The van der Waals surface area contributed by atoms with Gasteiger partial charge in [-0.25, -0.2) is 0 Å². The minimum atomic E-state index is -2.57. The number of rotatable bonds is 5. The minimum Gasteiger partial charge on any atom is -0.318 e. The summed E-state index contributed by atoms with van der Waals surface area (Å²) in [6.07, 6.45) is 7.91. The maximum absolute atomic E-state index is 13.1. The number of hydrogen-bond donors (Lipinski definition) is 4. The molecule has 3 heterocycles. The topological polar surface area (TPSA) is 116 Å². The van der Waals surface area contributed by atoms with Crippen LogP contribution in [0.4, 0.5) is 5.69 Å². The van der Waals surface area contributed by atoms with Crippen molar-refractivity contribution in [1.29, 1.82) is 0 Å². The third-order valence-electron chi connectivity index (χ3n) is 7.13. The molecule has 5 rings (SSSR count). The fourth-order valence-corrected chi connectivity index (χ4v) is 7.24. The summed E-state index contributed by atoms with van der Waals surface area (Å²) in [6, 6.07) is 9.88. The molecule has 1 aliphatic heterocycles. The number of aromatic amines is 1. The molecule has 2 atom stereocenters. The molecule has 0 saturated carbocycles. The molecule has 0 spiro atoms. The van der Waals surface area contributed by atoms with Gasteiger partial charge >= 0.3 is 0 Å². The van der Waals surface area contributed by atoms with Crippen LogP contribution in [0.3, 0.4) is 0 Å². The highest BCUT2D eigenvalue weighted by molar-refractivity contribution is 8.24. The van der Waals surface area contributed by atoms with Crippen molar-refractivity contribution in [2.75, 3.05) is 16.8 Å². The first-order valence-corrected chi connectivity index (χ1v) is 13.8. The molecule has 1 aromatic carbocycles. The van der Waals surface area contributed by atoms with E-state index < -0.39 is 10.6 Å². The van der Waals surface area contributed by atoms with Crippen molar-refractivity contribution >= 4 is 22.2 Å². The Balaban J connectivity index is 1.37. The number of carbonyl (C=O) groups is 1. The molecule has 3 aromatic rings. The third kappa shape index (κ3) is 4.78. The molecule has 182 valence electrons. The standard InChI is InChI=1S/C25H33N5O3S/c1-25(2)11-10-20-21(13-25)28-29-22(20)24(31)27-19-14-26-30(15-19)23(17-7-4-3-5-8-17)18-9-6-12-34(32,33)16-18/h3-5,7-8,14-15,18,23,32-33H,6,9-13,16H2,1-2H3,(H,27,31)(H,28,29). The summed E-state index contributed by atoms with van der Waals surface area (Å²) in [7, 11) is -2.57. The number of H-pyrrole nitrogens is 1. The second-order valence-corrected chi connectivity index (χ2v) is 12.8. The monoisotopic (exact) mass is 483 g/mol. The Morgan fingerprint density at radius 2 is 2.09 bits per heavy atom. The van der Waals surface area contributed by atoms with Crippen LogP contribution in [-0.2, 0) is 12.8 Å². The molecule has 4 N–H and O–H groups in total. The van der Waals surface area contributed by atoms with Crippen LogP contribution < -0.4 is 5.32 Å². The van der Waals surface area contributed by atoms with E-state index in [2.05, 4.69) is 34.5 Å². The van der Waals surface area contributed by atoms with E-state index in [1.807, 2.05) is 41.2 Å². The fourth-order valence-electron chi connectivity index (χ4n) is 5.41. The number of carbonyl (C=O) groups excluding carboxylic acids is 1. The molecule has 1 fully saturated rings. The van der Waals surface area contributed by atoms with E-state index in [4.69, 9.17) is 0 Å². The van der Waals surface area contributed by atoms with Crippen LogP contribution in [0.1, 0.15) is 66.5 Å². The van der Waals surface area contributed by atoms with Crippen molar-refractivity contribution < 1.29 is 13.9 Å². The lowest BCUT2D eigenvalue weighted by Gasteiger charge is -2.42. The summed E-state index contributed by atoms with van der Waals surface area (Å²) < 4.78 is 22.6. The Kier molecular flexibility index (Phi) is 6.03. The van der Waals surface area contributed by atoms with Gasteiger partial charge in [0, 0.05) is 34.9 Å². The van der Waals surface area contributed by atoms with Gasteiger partial charge in [0.15, 0.2) is 5.69 Å². The third-order valence-corrected chi connectivity index (χ3v) is 9.04. The summed E-state index contributed by atoms with van der Waals surface area (Å²) >= 11 is 0. The zero-order valence-corrected chi connectivity index (χ0v) is 20.5. The maximum Gasteiger partial charge on any atom is 0.276 e. The van der Waals surface area contributed by atoms with Gasteiger partial charge in [0.25, 0.3) is 5.91 Å². The molecule has 1 saturated heterocycles. The number of fused-ring (bicyclic) bond motifs is 1. The van der Waals surface area contributed by atoms with E-state index in [0.29, 0.717) is 22.9 Å². The Bertz CT molecular complexity index is 1170. The van der Waals surface area contributed by atoms with E-state index in [9.17, 15) is 13.9 Å². The van der Waals surface area contributed by atoms with Gasteiger partial charge in [0.1, 0.15) is 0 Å². The quantitative estimate of drug-likeness (QED) is 0.402. The van der Waals surface area contributed by atoms with E-state index in [1.165, 1.54) is 0 Å². The van der Waals surface area contributed by atoms with Crippen LogP contribution in [0.5, 0.6) is 0 Å². The molecule has 8 nitrogen and oxygen atoms in total. The average Bonchev–Trinajstić information content (AvgIpc) is 3.40. The lowest BCUT2D eigenvalue weighted by Crippen LogP contribution is -2.30. The van der Waals surface area contributed by atoms with E-state index in [-0.39, 0.29) is 23.3 Å². The highest BCUT2D eigenvalue weighted by atomic mass is 32.3. The Labute approximate surface area is 201 Å². The van der Waals surface area contributed by atoms with Gasteiger partial charge in [-0.05, 0) is 43.1 Å². The van der Waals surface area contributed by atoms with Gasteiger partial charge in [-0.15, -0.1) is 0 Å². The van der Waals surface area contributed by atoms with Crippen LogP contribution in [0.25, 0.3) is 0 Å². The van der Waals surface area contributed by atoms with Crippen molar-refractivity contribution in [1.82, 2.24) is 20.0 Å². The fraction of sp³-hybridized carbons (Fsp3) is 0.480. The zero-order chi connectivity index (χ0) is 23.9. The van der Waals surface area contributed by atoms with Gasteiger partial charge in [0.05, 0.1) is 17.9 Å². The van der Waals surface area contributed by atoms with Crippen molar-refractivity contribution in [3.8, 4) is 0 Å². The minimum absolute atomic E-state index is 0.0475. The lowest BCUT2D eigenvalue weighted by atomic mass is 9.76. The number of benzene rings is 1. The smallest absolute Gasteiger partial charge is 0.276 e. The number of hydrogen-bond acceptors (Lipinski definition) is 5. The summed E-state index contributed by atoms with van der Waals surface area (Å²) in [5.74, 6) is 0.645. The van der Waals surface area contributed by atoms with Gasteiger partial charge in [-0.1, -0.05) is 44.2 Å². The van der Waals surface area contributed by atoms with Crippen LogP contribution >= 0.6 is 10.6 Å². The van der Waals surface area contributed by atoms with Crippen molar-refractivity contribution in [2.24, 2.45) is 11.3 Å². The van der Waals surface area contributed by atoms with E-state index in [0.717, 1.165) is 48.9 Å². The summed E-state index contributed by atoms with van der Waals surface area (Å²) in [5.41, 5.74) is 4.40. The molecular formula is C25H33N5O3S. The predicted molar refractivity (Wildman–Crippen MR) is 134 cm³/mol. The SMILES string of the molecule is CC1(C)CCc2c(C(=O)Nc3cnn(C(c4ccccc4)C4CCCS(O)(O)C4)c3)n[nH]c2C1. The Morgan fingerprint density at radius 3 is 2.85 bits per heavy atom. The van der Waals surface area contributed by atoms with Gasteiger partial charge in [-0.3, -0.25) is 23.7 Å². The molecule has 1 aliphatic carbocycles. The molecule has 2 unspecified atom stereocenters. The van der Waals surface area contributed by atoms with E-state index in [1.54, 1.807) is 6.20 Å². The van der Waals surface area contributed by atoms with Gasteiger partial charge in [0.2, 0.25) is 0 Å². The predicted octanol–water partition coefficient (Wildman–Crippen LogP) is 5.12. The van der Waals surface area contributed by atoms with Crippen LogP contribution in [0.15, 0.2) is 42.7 Å². The van der Waals surface area contributed by atoms with Crippen molar-refractivity contribution in [3.05, 3.63) is 65.2 Å². The molecule has 2 aliphatic rings. The van der Waals surface area contributed by atoms with Crippen molar-refractivity contribution in [3.63, 3.8) is 0 Å². The molecule has 9 heteroatoms. The van der Waals surface area contributed by atoms with E-state index >= 15 is 0 Å². The molecule has 34 heavy (non-hydrogen) atoms. The molecule has 0 radical (unpaired) electrons. The molecule has 1 amide bonds. The average molecular weight is 484 g/mol. The maximum atomic E-state index is 13.1. The second-order valence-electron chi connectivity index (χ2n) is 10.5. The molecule has 0 bridgehead atoms. The first-order chi connectivity index (χ1) is 16.2. The van der Waals surface area contributed by atoms with Crippen molar-refractivity contribution in [2.45, 2.75) is 52.0 Å². The Hall–Kier alpha value is -2.62. The number of aromatic nitrogens is 4. The first-order valence-electron chi connectivity index (χ1n) is 11.9. The number of nitrogens with one attached hydrogen (secondary N) is 2. The largest absolute Gasteiger partial charge is 0.318 e. The normalized spacial score (nSPS) is 23.0. The second kappa shape index (κ2) is 8.87. The van der Waals surface area contributed by atoms with Crippen LogP contribution in [0.2, 0.25) is 0 Å². The van der Waals surface area contributed by atoms with Gasteiger partial charge in [-0.2, -0.15) is 20.8 Å². The Morgan fingerprint density at radius 1 is 1.29 bits per heavy atom. The van der Waals surface area contributed by atoms with Crippen LogP contribution in [0, 0.1) is 11.3 Å². The summed E-state index contributed by atoms with van der Waals surface area (Å²) in [6.45, 7) is 4.47. The summed E-state index contributed by atoms with van der Waals surface area (Å²) in [5, 5.41) is 14.9. The van der Waals surface area contributed by atoms with Crippen LogP contribution in [-0.4, -0.2) is 46.5 Å². The highest BCUT2D eigenvalue weighted by Crippen LogP contribution is 2.50. The molecular weight excluding hydrogens is 450 g/mol. The first kappa shape index (κ1) is 23.1. The number of amides is 1. The lowest BCUT2D eigenvalue weighted by molar-refractivity contribution is 0.102. The van der Waals surface area contributed by atoms with Gasteiger partial charge < -0.3 is 5.32 Å². The highest BCUT2D eigenvalue weighted by Gasteiger charge is 2.34.